The lowest BCUT2D eigenvalue weighted by atomic mass is 9.99. The van der Waals surface area contributed by atoms with E-state index >= 15 is 0 Å². The lowest BCUT2D eigenvalue weighted by Crippen LogP contribution is -2.47. The quantitative estimate of drug-likeness (QED) is 0.765. The van der Waals surface area contributed by atoms with Gasteiger partial charge in [0.2, 0.25) is 0 Å². The molecule has 0 aromatic heterocycles. The van der Waals surface area contributed by atoms with Crippen LogP contribution in [0.3, 0.4) is 0 Å². The molecule has 1 N–H and O–H groups in total. The summed E-state index contributed by atoms with van der Waals surface area (Å²) in [5.74, 6) is 0.986. The highest BCUT2D eigenvalue weighted by Crippen LogP contribution is 2.26. The zero-order chi connectivity index (χ0) is 10.7. The van der Waals surface area contributed by atoms with Gasteiger partial charge in [-0.25, -0.2) is 0 Å². The van der Waals surface area contributed by atoms with E-state index in [4.69, 9.17) is 0 Å². The molecule has 1 aliphatic heterocycles. The van der Waals surface area contributed by atoms with Crippen LogP contribution in [0.2, 0.25) is 0 Å². The second-order valence-electron chi connectivity index (χ2n) is 5.94. The number of likely N-dealkylation sites (N-methyl/N-ethyl adjacent to an activating group) is 1. The summed E-state index contributed by atoms with van der Waals surface area (Å²) < 4.78 is 0. The minimum atomic E-state index is 0.396. The van der Waals surface area contributed by atoms with Crippen LogP contribution in [0.4, 0.5) is 0 Å². The number of rotatable bonds is 4. The Labute approximate surface area is 94.4 Å². The van der Waals surface area contributed by atoms with Crippen molar-refractivity contribution in [1.82, 2.24) is 10.2 Å². The van der Waals surface area contributed by atoms with Crippen molar-refractivity contribution in [2.45, 2.75) is 51.0 Å². The first-order chi connectivity index (χ1) is 7.18. The van der Waals surface area contributed by atoms with Gasteiger partial charge in [-0.05, 0) is 52.1 Å². The molecule has 0 aromatic carbocycles. The summed E-state index contributed by atoms with van der Waals surface area (Å²) in [4.78, 5) is 2.55. The first kappa shape index (κ1) is 11.4. The van der Waals surface area contributed by atoms with Gasteiger partial charge in [-0.1, -0.05) is 12.8 Å². The fraction of sp³-hybridized carbons (Fsp3) is 1.00. The Kier molecular flexibility index (Phi) is 3.68. The molecule has 1 unspecified atom stereocenters. The largest absolute Gasteiger partial charge is 0.310 e. The molecule has 2 aliphatic rings. The van der Waals surface area contributed by atoms with Crippen LogP contribution in [0.5, 0.6) is 0 Å². The van der Waals surface area contributed by atoms with Gasteiger partial charge in [0, 0.05) is 18.6 Å². The molecule has 2 rings (SSSR count). The third-order valence-corrected chi connectivity index (χ3v) is 4.12. The molecule has 1 aliphatic carbocycles. The van der Waals surface area contributed by atoms with Crippen LogP contribution in [0, 0.1) is 5.92 Å². The number of hydrogen-bond acceptors (Lipinski definition) is 2. The molecule has 1 atom stereocenters. The third kappa shape index (κ3) is 3.18. The van der Waals surface area contributed by atoms with Crippen molar-refractivity contribution in [3.8, 4) is 0 Å². The summed E-state index contributed by atoms with van der Waals surface area (Å²) in [6.07, 6.45) is 8.57. The molecule has 1 saturated carbocycles. The predicted molar refractivity (Wildman–Crippen MR) is 65.1 cm³/mol. The molecule has 0 spiro atoms. The van der Waals surface area contributed by atoms with E-state index in [-0.39, 0.29) is 0 Å². The van der Waals surface area contributed by atoms with Crippen molar-refractivity contribution in [3.05, 3.63) is 0 Å². The maximum Gasteiger partial charge on any atom is 0.0280 e. The molecule has 15 heavy (non-hydrogen) atoms. The number of nitrogens with one attached hydrogen (secondary N) is 1. The average molecular weight is 210 g/mol. The van der Waals surface area contributed by atoms with Crippen LogP contribution in [-0.4, -0.2) is 37.1 Å². The molecule has 0 amide bonds. The van der Waals surface area contributed by atoms with E-state index in [1.165, 1.54) is 58.2 Å². The lowest BCUT2D eigenvalue weighted by Gasteiger charge is -2.31. The minimum absolute atomic E-state index is 0.396. The van der Waals surface area contributed by atoms with Crippen molar-refractivity contribution < 1.29 is 0 Å². The normalized spacial score (nSPS) is 33.0. The summed E-state index contributed by atoms with van der Waals surface area (Å²) >= 11 is 0. The second kappa shape index (κ2) is 4.84. The van der Waals surface area contributed by atoms with E-state index < -0.39 is 0 Å². The van der Waals surface area contributed by atoms with E-state index in [1.54, 1.807) is 0 Å². The highest BCUT2D eigenvalue weighted by atomic mass is 15.2. The fourth-order valence-corrected chi connectivity index (χ4v) is 3.39. The molecule has 2 nitrogen and oxygen atoms in total. The Morgan fingerprint density at radius 2 is 2.00 bits per heavy atom. The fourth-order valence-electron chi connectivity index (χ4n) is 3.39. The van der Waals surface area contributed by atoms with E-state index in [0.29, 0.717) is 5.54 Å². The Bertz CT molecular complexity index is 191. The Morgan fingerprint density at radius 1 is 1.27 bits per heavy atom. The van der Waals surface area contributed by atoms with Crippen LogP contribution in [0.1, 0.15) is 45.4 Å². The van der Waals surface area contributed by atoms with Gasteiger partial charge >= 0.3 is 0 Å². The van der Waals surface area contributed by atoms with Crippen LogP contribution >= 0.6 is 0 Å². The molecular weight excluding hydrogens is 184 g/mol. The van der Waals surface area contributed by atoms with Crippen molar-refractivity contribution >= 4 is 0 Å². The first-order valence-corrected chi connectivity index (χ1v) is 6.62. The minimum Gasteiger partial charge on any atom is -0.310 e. The van der Waals surface area contributed by atoms with E-state index in [0.717, 1.165) is 5.92 Å². The van der Waals surface area contributed by atoms with E-state index in [2.05, 4.69) is 24.2 Å². The topological polar surface area (TPSA) is 15.3 Å². The van der Waals surface area contributed by atoms with Crippen molar-refractivity contribution in [2.24, 2.45) is 5.92 Å². The Balaban J connectivity index is 1.73. The first-order valence-electron chi connectivity index (χ1n) is 6.62. The summed E-state index contributed by atoms with van der Waals surface area (Å²) in [5.41, 5.74) is 0.396. The van der Waals surface area contributed by atoms with E-state index in [1.807, 2.05) is 0 Å². The molecule has 0 bridgehead atoms. The second-order valence-corrected chi connectivity index (χ2v) is 5.94. The number of hydrogen-bond donors (Lipinski definition) is 1. The molecule has 2 fully saturated rings. The zero-order valence-electron chi connectivity index (χ0n) is 10.4. The summed E-state index contributed by atoms with van der Waals surface area (Å²) in [5, 5.41) is 3.65. The predicted octanol–water partition coefficient (Wildman–Crippen LogP) is 2.25. The molecule has 1 heterocycles. The zero-order valence-corrected chi connectivity index (χ0v) is 10.4. The Morgan fingerprint density at radius 3 is 2.60 bits per heavy atom. The van der Waals surface area contributed by atoms with Crippen molar-refractivity contribution in [3.63, 3.8) is 0 Å². The van der Waals surface area contributed by atoms with Crippen LogP contribution in [-0.2, 0) is 0 Å². The van der Waals surface area contributed by atoms with E-state index in [9.17, 15) is 0 Å². The highest BCUT2D eigenvalue weighted by Gasteiger charge is 2.29. The number of nitrogens with zero attached hydrogens (tertiary/aromatic N) is 1. The van der Waals surface area contributed by atoms with Gasteiger partial charge in [0.15, 0.2) is 0 Å². The lowest BCUT2D eigenvalue weighted by molar-refractivity contribution is 0.212. The third-order valence-electron chi connectivity index (χ3n) is 4.12. The van der Waals surface area contributed by atoms with Gasteiger partial charge in [-0.2, -0.15) is 0 Å². The molecule has 0 radical (unpaired) electrons. The van der Waals surface area contributed by atoms with Gasteiger partial charge in [0.1, 0.15) is 0 Å². The van der Waals surface area contributed by atoms with Gasteiger partial charge in [-0.15, -0.1) is 0 Å². The van der Waals surface area contributed by atoms with Gasteiger partial charge in [-0.3, -0.25) is 0 Å². The summed E-state index contributed by atoms with van der Waals surface area (Å²) in [7, 11) is 2.30. The maximum absolute atomic E-state index is 3.65. The van der Waals surface area contributed by atoms with Gasteiger partial charge in [0.25, 0.3) is 0 Å². The molecule has 88 valence electrons. The van der Waals surface area contributed by atoms with Gasteiger partial charge < -0.3 is 10.2 Å². The smallest absolute Gasteiger partial charge is 0.0280 e. The van der Waals surface area contributed by atoms with Crippen molar-refractivity contribution in [1.29, 1.82) is 0 Å². The van der Waals surface area contributed by atoms with Gasteiger partial charge in [0.05, 0.1) is 0 Å². The molecular formula is C13H26N2. The van der Waals surface area contributed by atoms with Crippen molar-refractivity contribution in [2.75, 3.05) is 26.7 Å². The average Bonchev–Trinajstić information content (AvgIpc) is 2.76. The monoisotopic (exact) mass is 210 g/mol. The van der Waals surface area contributed by atoms with Crippen LogP contribution < -0.4 is 5.32 Å². The molecule has 0 aromatic rings. The highest BCUT2D eigenvalue weighted by molar-refractivity contribution is 4.91. The molecule has 1 saturated heterocycles. The summed E-state index contributed by atoms with van der Waals surface area (Å²) in [6.45, 7) is 6.14. The molecule has 2 heteroatoms. The van der Waals surface area contributed by atoms with Crippen LogP contribution in [0.25, 0.3) is 0 Å². The van der Waals surface area contributed by atoms with Crippen LogP contribution in [0.15, 0.2) is 0 Å². The summed E-state index contributed by atoms with van der Waals surface area (Å²) in [6, 6.07) is 0. The Hall–Kier alpha value is -0.0800. The maximum atomic E-state index is 3.65. The standard InChI is InChI=1S/C13H26N2/c1-13(8-5-9-14-13)11-15(2)10-12-6-3-4-7-12/h12,14H,3-11H2,1-2H3. The SMILES string of the molecule is CN(CC1CCCC1)CC1(C)CCCN1.